The molecule has 0 spiro atoms. The highest BCUT2D eigenvalue weighted by atomic mass is 32.2. The average molecular weight is 436 g/mol. The first-order valence-electron chi connectivity index (χ1n) is 9.65. The number of fused-ring (bicyclic) bond motifs is 1. The zero-order chi connectivity index (χ0) is 21.6. The Kier molecular flexibility index (Phi) is 6.32. The van der Waals surface area contributed by atoms with E-state index in [2.05, 4.69) is 20.5 Å². The number of nitrogens with zero attached hydrogens (tertiary/aromatic N) is 2. The van der Waals surface area contributed by atoms with Gasteiger partial charge in [0.1, 0.15) is 6.04 Å². The Balaban J connectivity index is 1.32. The number of benzene rings is 2. The fourth-order valence-electron chi connectivity index (χ4n) is 3.22. The van der Waals surface area contributed by atoms with E-state index in [4.69, 9.17) is 4.42 Å². The highest BCUT2D eigenvalue weighted by Gasteiger charge is 2.22. The van der Waals surface area contributed by atoms with Crippen molar-refractivity contribution in [1.29, 1.82) is 0 Å². The first-order chi connectivity index (χ1) is 15.1. The third-order valence-corrected chi connectivity index (χ3v) is 5.52. The number of amides is 1. The summed E-state index contributed by atoms with van der Waals surface area (Å²) in [7, 11) is 0. The van der Waals surface area contributed by atoms with Crippen LogP contribution in [0, 0.1) is 0 Å². The molecule has 0 aliphatic heterocycles. The van der Waals surface area contributed by atoms with Gasteiger partial charge in [0.25, 0.3) is 5.22 Å². The second kappa shape index (κ2) is 9.48. The summed E-state index contributed by atoms with van der Waals surface area (Å²) in [4.78, 5) is 27.1. The molecular weight excluding hydrogens is 416 g/mol. The lowest BCUT2D eigenvalue weighted by atomic mass is 10.1. The van der Waals surface area contributed by atoms with Gasteiger partial charge in [0.2, 0.25) is 11.8 Å². The Morgan fingerprint density at radius 3 is 2.68 bits per heavy atom. The molecule has 1 amide bonds. The molecule has 2 aromatic heterocycles. The van der Waals surface area contributed by atoms with Gasteiger partial charge < -0.3 is 19.8 Å². The molecule has 0 aliphatic carbocycles. The highest BCUT2D eigenvalue weighted by molar-refractivity contribution is 7.99. The Morgan fingerprint density at radius 2 is 1.87 bits per heavy atom. The summed E-state index contributed by atoms with van der Waals surface area (Å²) in [5.41, 5.74) is 2.80. The number of thioether (sulfide) groups is 1. The zero-order valence-corrected chi connectivity index (χ0v) is 17.3. The van der Waals surface area contributed by atoms with Crippen molar-refractivity contribution in [1.82, 2.24) is 20.5 Å². The van der Waals surface area contributed by atoms with Crippen molar-refractivity contribution in [3.05, 3.63) is 77.8 Å². The number of rotatable bonds is 9. The number of para-hydroxylation sites is 1. The van der Waals surface area contributed by atoms with Crippen LogP contribution in [0.4, 0.5) is 0 Å². The SMILES string of the molecule is O=C(CSc1nnc(Cc2ccccc2)o1)N[C@H](Cc1c[nH]c2ccccc12)C(=O)O. The number of carbonyl (C=O) groups excluding carboxylic acids is 1. The Hall–Kier alpha value is -3.59. The smallest absolute Gasteiger partial charge is 0.326 e. The molecule has 0 radical (unpaired) electrons. The van der Waals surface area contributed by atoms with Crippen LogP contribution in [0.5, 0.6) is 0 Å². The predicted molar refractivity (Wildman–Crippen MR) is 116 cm³/mol. The number of hydrogen-bond acceptors (Lipinski definition) is 6. The first kappa shape index (κ1) is 20.7. The van der Waals surface area contributed by atoms with E-state index in [1.165, 1.54) is 0 Å². The van der Waals surface area contributed by atoms with Gasteiger partial charge in [0, 0.05) is 23.5 Å². The number of aromatic nitrogens is 3. The van der Waals surface area contributed by atoms with Crippen LogP contribution >= 0.6 is 11.8 Å². The maximum atomic E-state index is 12.3. The van der Waals surface area contributed by atoms with E-state index in [0.29, 0.717) is 12.3 Å². The van der Waals surface area contributed by atoms with Crippen LogP contribution in [-0.2, 0) is 22.4 Å². The number of aromatic amines is 1. The molecule has 2 heterocycles. The van der Waals surface area contributed by atoms with E-state index in [1.54, 1.807) is 6.20 Å². The molecule has 31 heavy (non-hydrogen) atoms. The fourth-order valence-corrected chi connectivity index (χ4v) is 3.81. The minimum absolute atomic E-state index is 0.0232. The minimum atomic E-state index is -1.09. The van der Waals surface area contributed by atoms with Crippen molar-refractivity contribution < 1.29 is 19.1 Å². The molecule has 0 aliphatic rings. The lowest BCUT2D eigenvalue weighted by molar-refractivity contribution is -0.141. The molecule has 4 rings (SSSR count). The summed E-state index contributed by atoms with van der Waals surface area (Å²) in [6.07, 6.45) is 2.46. The van der Waals surface area contributed by atoms with E-state index >= 15 is 0 Å². The van der Waals surface area contributed by atoms with Gasteiger partial charge in [0.15, 0.2) is 0 Å². The number of carboxylic acids is 1. The van der Waals surface area contributed by atoms with Crippen molar-refractivity contribution in [2.45, 2.75) is 24.1 Å². The average Bonchev–Trinajstić information content (AvgIpc) is 3.39. The summed E-state index contributed by atoms with van der Waals surface area (Å²) in [6, 6.07) is 16.3. The number of carboxylic acid groups (broad SMARTS) is 1. The topological polar surface area (TPSA) is 121 Å². The lowest BCUT2D eigenvalue weighted by Crippen LogP contribution is -2.43. The van der Waals surface area contributed by atoms with Crippen LogP contribution in [0.15, 0.2) is 70.4 Å². The molecule has 4 aromatic rings. The van der Waals surface area contributed by atoms with Gasteiger partial charge in [-0.15, -0.1) is 10.2 Å². The maximum absolute atomic E-state index is 12.3. The van der Waals surface area contributed by atoms with Crippen LogP contribution < -0.4 is 5.32 Å². The largest absolute Gasteiger partial charge is 0.480 e. The summed E-state index contributed by atoms with van der Waals surface area (Å²) >= 11 is 1.07. The Bertz CT molecular complexity index is 1190. The summed E-state index contributed by atoms with van der Waals surface area (Å²) in [5.74, 6) is -1.08. The third-order valence-electron chi connectivity index (χ3n) is 4.71. The summed E-state index contributed by atoms with van der Waals surface area (Å²) in [6.45, 7) is 0. The van der Waals surface area contributed by atoms with Crippen molar-refractivity contribution in [3.63, 3.8) is 0 Å². The summed E-state index contributed by atoms with van der Waals surface area (Å²) in [5, 5.41) is 21.3. The van der Waals surface area contributed by atoms with Gasteiger partial charge in [0.05, 0.1) is 12.2 Å². The molecule has 8 nitrogen and oxygen atoms in total. The third kappa shape index (κ3) is 5.32. The quantitative estimate of drug-likeness (QED) is 0.345. The molecular formula is C22H20N4O4S. The number of H-pyrrole nitrogens is 1. The predicted octanol–water partition coefficient (Wildman–Crippen LogP) is 3.05. The van der Waals surface area contributed by atoms with E-state index in [0.717, 1.165) is 33.8 Å². The molecule has 2 aromatic carbocycles. The molecule has 0 fully saturated rings. The van der Waals surface area contributed by atoms with Crippen LogP contribution in [0.25, 0.3) is 10.9 Å². The van der Waals surface area contributed by atoms with Crippen molar-refractivity contribution >= 4 is 34.5 Å². The maximum Gasteiger partial charge on any atom is 0.326 e. The molecule has 1 atom stereocenters. The first-order valence-corrected chi connectivity index (χ1v) is 10.6. The normalized spacial score (nSPS) is 12.0. The zero-order valence-electron chi connectivity index (χ0n) is 16.4. The monoisotopic (exact) mass is 436 g/mol. The minimum Gasteiger partial charge on any atom is -0.480 e. The molecule has 0 saturated heterocycles. The Morgan fingerprint density at radius 1 is 1.10 bits per heavy atom. The van der Waals surface area contributed by atoms with Crippen LogP contribution in [-0.4, -0.2) is 44.0 Å². The molecule has 3 N–H and O–H groups in total. The molecule has 0 saturated carbocycles. The molecule has 9 heteroatoms. The van der Waals surface area contributed by atoms with Crippen molar-refractivity contribution in [3.8, 4) is 0 Å². The Labute approximate surface area is 182 Å². The van der Waals surface area contributed by atoms with Gasteiger partial charge in [-0.25, -0.2) is 4.79 Å². The fraction of sp³-hybridized carbons (Fsp3) is 0.182. The van der Waals surface area contributed by atoms with Gasteiger partial charge in [-0.05, 0) is 17.2 Å². The van der Waals surface area contributed by atoms with E-state index in [-0.39, 0.29) is 17.4 Å². The second-order valence-corrected chi connectivity index (χ2v) is 7.86. The van der Waals surface area contributed by atoms with Crippen molar-refractivity contribution in [2.75, 3.05) is 5.75 Å². The van der Waals surface area contributed by atoms with Gasteiger partial charge in [-0.2, -0.15) is 0 Å². The van der Waals surface area contributed by atoms with Crippen LogP contribution in [0.2, 0.25) is 0 Å². The standard InChI is InChI=1S/C22H20N4O4S/c27-19(13-31-22-26-25-20(30-22)10-14-6-2-1-3-7-14)24-18(21(28)29)11-15-12-23-17-9-5-4-8-16(15)17/h1-9,12,18,23H,10-11,13H2,(H,24,27)(H,28,29)/t18-/m1/s1. The highest BCUT2D eigenvalue weighted by Crippen LogP contribution is 2.20. The number of nitrogens with one attached hydrogen (secondary N) is 2. The van der Waals surface area contributed by atoms with Crippen LogP contribution in [0.3, 0.4) is 0 Å². The molecule has 0 unspecified atom stereocenters. The van der Waals surface area contributed by atoms with Gasteiger partial charge in [-0.1, -0.05) is 60.3 Å². The van der Waals surface area contributed by atoms with Crippen LogP contribution in [0.1, 0.15) is 17.0 Å². The van der Waals surface area contributed by atoms with E-state index in [1.807, 2.05) is 54.6 Å². The van der Waals surface area contributed by atoms with Crippen molar-refractivity contribution in [2.24, 2.45) is 0 Å². The number of carbonyl (C=O) groups is 2. The number of hydrogen-bond donors (Lipinski definition) is 3. The molecule has 0 bridgehead atoms. The second-order valence-electron chi connectivity index (χ2n) is 6.93. The number of aliphatic carboxylic acids is 1. The van der Waals surface area contributed by atoms with Gasteiger partial charge in [-0.3, -0.25) is 4.79 Å². The lowest BCUT2D eigenvalue weighted by Gasteiger charge is -2.13. The van der Waals surface area contributed by atoms with E-state index < -0.39 is 17.9 Å². The molecule has 158 valence electrons. The summed E-state index contributed by atoms with van der Waals surface area (Å²) < 4.78 is 5.56. The van der Waals surface area contributed by atoms with E-state index in [9.17, 15) is 14.7 Å². The van der Waals surface area contributed by atoms with Gasteiger partial charge >= 0.3 is 5.97 Å².